The number of rotatable bonds is 7. The van der Waals surface area contributed by atoms with Gasteiger partial charge >= 0.3 is 0 Å². The summed E-state index contributed by atoms with van der Waals surface area (Å²) in [5, 5.41) is 12.1. The number of halogens is 1. The van der Waals surface area contributed by atoms with Gasteiger partial charge < -0.3 is 0 Å². The first-order valence-electron chi connectivity index (χ1n) is 9.87. The van der Waals surface area contributed by atoms with Crippen molar-refractivity contribution < 1.29 is 13.2 Å². The normalized spacial score (nSPS) is 11.2. The number of aryl methyl sites for hydroxylation is 1. The fraction of sp³-hybridized carbons (Fsp3) is 0.0870. The first-order valence-corrected chi connectivity index (χ1v) is 12.5. The molecule has 4 rings (SSSR count). The second kappa shape index (κ2) is 9.70. The number of nitrogens with one attached hydrogen (secondary N) is 1. The number of anilines is 2. The van der Waals surface area contributed by atoms with Crippen LogP contribution in [0.15, 0.2) is 83.8 Å². The minimum Gasteiger partial charge on any atom is -0.299 e. The molecule has 0 aliphatic rings. The van der Waals surface area contributed by atoms with Crippen LogP contribution in [0.3, 0.4) is 0 Å². The van der Waals surface area contributed by atoms with E-state index in [9.17, 15) is 13.2 Å². The summed E-state index contributed by atoms with van der Waals surface area (Å²) in [6, 6.07) is 22.2. The molecule has 3 aromatic carbocycles. The molecule has 1 aromatic heterocycles. The van der Waals surface area contributed by atoms with Gasteiger partial charge in [0.1, 0.15) is 11.6 Å². The van der Waals surface area contributed by atoms with Crippen LogP contribution < -0.4 is 9.62 Å². The highest BCUT2D eigenvalue weighted by atomic mass is 35.5. The zero-order valence-electron chi connectivity index (χ0n) is 17.5. The molecule has 0 aliphatic carbocycles. The number of benzene rings is 3. The Morgan fingerprint density at radius 3 is 2.42 bits per heavy atom. The highest BCUT2D eigenvalue weighted by Crippen LogP contribution is 2.28. The van der Waals surface area contributed by atoms with Gasteiger partial charge in [0.2, 0.25) is 11.0 Å². The lowest BCUT2D eigenvalue weighted by Gasteiger charge is -2.24. The number of carbonyl (C=O) groups excluding carboxylic acids is 1. The van der Waals surface area contributed by atoms with E-state index in [0.717, 1.165) is 15.4 Å². The Balaban J connectivity index is 1.60. The molecule has 10 heteroatoms. The molecule has 7 nitrogen and oxygen atoms in total. The lowest BCUT2D eigenvalue weighted by atomic mass is 10.2. The van der Waals surface area contributed by atoms with Gasteiger partial charge in [0.05, 0.1) is 10.6 Å². The molecule has 168 valence electrons. The van der Waals surface area contributed by atoms with Crippen LogP contribution >= 0.6 is 22.9 Å². The molecule has 0 saturated carbocycles. The topological polar surface area (TPSA) is 92.3 Å². The summed E-state index contributed by atoms with van der Waals surface area (Å²) in [4.78, 5) is 12.9. The first kappa shape index (κ1) is 22.9. The highest BCUT2D eigenvalue weighted by Gasteiger charge is 2.27. The third kappa shape index (κ3) is 5.39. The van der Waals surface area contributed by atoms with Gasteiger partial charge in [0, 0.05) is 10.6 Å². The average Bonchev–Trinajstić information content (AvgIpc) is 3.26. The van der Waals surface area contributed by atoms with E-state index >= 15 is 0 Å². The molecule has 0 radical (unpaired) electrons. The smallest absolute Gasteiger partial charge is 0.264 e. The Labute approximate surface area is 200 Å². The van der Waals surface area contributed by atoms with Crippen LogP contribution in [0.1, 0.15) is 5.56 Å². The monoisotopic (exact) mass is 498 g/mol. The predicted molar refractivity (Wildman–Crippen MR) is 131 cm³/mol. The third-order valence-corrected chi connectivity index (χ3v) is 7.60. The van der Waals surface area contributed by atoms with Crippen molar-refractivity contribution in [3.05, 3.63) is 89.4 Å². The van der Waals surface area contributed by atoms with E-state index in [-0.39, 0.29) is 10.0 Å². The van der Waals surface area contributed by atoms with Gasteiger partial charge in [-0.2, -0.15) is 0 Å². The van der Waals surface area contributed by atoms with Crippen LogP contribution in [-0.2, 0) is 14.8 Å². The number of carbonyl (C=O) groups is 1. The van der Waals surface area contributed by atoms with E-state index in [1.54, 1.807) is 18.2 Å². The molecular weight excluding hydrogens is 480 g/mol. The predicted octanol–water partition coefficient (Wildman–Crippen LogP) is 5.00. The van der Waals surface area contributed by atoms with Crippen LogP contribution in [0.5, 0.6) is 0 Å². The van der Waals surface area contributed by atoms with E-state index < -0.39 is 22.5 Å². The van der Waals surface area contributed by atoms with Crippen molar-refractivity contribution in [2.45, 2.75) is 11.8 Å². The zero-order chi connectivity index (χ0) is 23.4. The Morgan fingerprint density at radius 2 is 1.73 bits per heavy atom. The van der Waals surface area contributed by atoms with Gasteiger partial charge in [0.25, 0.3) is 10.0 Å². The Bertz CT molecular complexity index is 1370. The Hall–Kier alpha value is -3.27. The molecule has 0 bridgehead atoms. The summed E-state index contributed by atoms with van der Waals surface area (Å²) in [6.07, 6.45) is 0. The second-order valence-electron chi connectivity index (χ2n) is 7.13. The first-order chi connectivity index (χ1) is 15.8. The molecule has 0 saturated heterocycles. The maximum Gasteiger partial charge on any atom is 0.264 e. The molecule has 1 N–H and O–H groups in total. The number of hydrogen-bond acceptors (Lipinski definition) is 6. The lowest BCUT2D eigenvalue weighted by molar-refractivity contribution is -0.114. The largest absolute Gasteiger partial charge is 0.299 e. The van der Waals surface area contributed by atoms with Crippen LogP contribution in [0.25, 0.3) is 10.6 Å². The number of hydrogen-bond donors (Lipinski definition) is 1. The Kier molecular flexibility index (Phi) is 6.73. The molecular formula is C23H19ClN4O3S2. The third-order valence-electron chi connectivity index (χ3n) is 4.67. The van der Waals surface area contributed by atoms with E-state index in [1.807, 2.05) is 43.3 Å². The maximum atomic E-state index is 13.4. The molecule has 0 fully saturated rings. The van der Waals surface area contributed by atoms with E-state index in [1.165, 1.54) is 35.6 Å². The average molecular weight is 499 g/mol. The van der Waals surface area contributed by atoms with Gasteiger partial charge in [-0.15, -0.1) is 10.2 Å². The van der Waals surface area contributed by atoms with E-state index in [2.05, 4.69) is 15.5 Å². The SMILES string of the molecule is Cc1cccc(N(CC(=O)Nc2nnc(-c3ccccc3)s2)S(=O)(=O)c2ccc(Cl)cc2)c1. The van der Waals surface area contributed by atoms with Crippen molar-refractivity contribution in [1.29, 1.82) is 0 Å². The molecule has 0 aliphatic heterocycles. The van der Waals surface area contributed by atoms with Crippen LogP contribution in [0, 0.1) is 6.92 Å². The number of amides is 1. The molecule has 33 heavy (non-hydrogen) atoms. The van der Waals surface area contributed by atoms with Crippen molar-refractivity contribution >= 4 is 49.7 Å². The molecule has 1 amide bonds. The number of aromatic nitrogens is 2. The maximum absolute atomic E-state index is 13.4. The van der Waals surface area contributed by atoms with Crippen LogP contribution in [0.4, 0.5) is 10.8 Å². The molecule has 0 spiro atoms. The summed E-state index contributed by atoms with van der Waals surface area (Å²) in [6.45, 7) is 1.41. The van der Waals surface area contributed by atoms with Crippen molar-refractivity contribution in [3.63, 3.8) is 0 Å². The zero-order valence-corrected chi connectivity index (χ0v) is 19.9. The molecule has 0 atom stereocenters. The van der Waals surface area contributed by atoms with Crippen molar-refractivity contribution in [2.24, 2.45) is 0 Å². The van der Waals surface area contributed by atoms with Gasteiger partial charge in [-0.3, -0.25) is 14.4 Å². The number of sulfonamides is 1. The summed E-state index contributed by atoms with van der Waals surface area (Å²) >= 11 is 7.12. The summed E-state index contributed by atoms with van der Waals surface area (Å²) < 4.78 is 27.9. The number of nitrogens with zero attached hydrogens (tertiary/aromatic N) is 3. The standard InChI is InChI=1S/C23H19ClN4O3S2/c1-16-6-5-9-19(14-16)28(33(30,31)20-12-10-18(24)11-13-20)15-21(29)25-23-27-26-22(32-23)17-7-3-2-4-8-17/h2-14H,15H2,1H3,(H,25,27,29). The minimum atomic E-state index is -4.03. The van der Waals surface area contributed by atoms with Crippen molar-refractivity contribution in [2.75, 3.05) is 16.2 Å². The van der Waals surface area contributed by atoms with E-state index in [0.29, 0.717) is 15.7 Å². The summed E-state index contributed by atoms with van der Waals surface area (Å²) in [5.74, 6) is -0.537. The van der Waals surface area contributed by atoms with Crippen LogP contribution in [0.2, 0.25) is 5.02 Å². The summed E-state index contributed by atoms with van der Waals surface area (Å²) in [7, 11) is -4.03. The van der Waals surface area contributed by atoms with Crippen LogP contribution in [-0.4, -0.2) is 31.1 Å². The van der Waals surface area contributed by atoms with Gasteiger partial charge in [-0.25, -0.2) is 8.42 Å². The minimum absolute atomic E-state index is 0.0310. The van der Waals surface area contributed by atoms with E-state index in [4.69, 9.17) is 11.6 Å². The Morgan fingerprint density at radius 1 is 1.00 bits per heavy atom. The second-order valence-corrected chi connectivity index (χ2v) is 10.4. The van der Waals surface area contributed by atoms with Crippen molar-refractivity contribution in [1.82, 2.24) is 10.2 Å². The molecule has 1 heterocycles. The fourth-order valence-corrected chi connectivity index (χ4v) is 5.40. The van der Waals surface area contributed by atoms with Gasteiger partial charge in [-0.05, 0) is 48.9 Å². The molecule has 0 unspecified atom stereocenters. The van der Waals surface area contributed by atoms with Gasteiger partial charge in [-0.1, -0.05) is 65.4 Å². The quantitative estimate of drug-likeness (QED) is 0.387. The van der Waals surface area contributed by atoms with Gasteiger partial charge in [0.15, 0.2) is 0 Å². The lowest BCUT2D eigenvalue weighted by Crippen LogP contribution is -2.38. The molecule has 4 aromatic rings. The fourth-order valence-electron chi connectivity index (χ4n) is 3.09. The summed E-state index contributed by atoms with van der Waals surface area (Å²) in [5.41, 5.74) is 2.12. The highest BCUT2D eigenvalue weighted by molar-refractivity contribution is 7.92. The van der Waals surface area contributed by atoms with Crippen molar-refractivity contribution in [3.8, 4) is 10.6 Å².